The van der Waals surface area contributed by atoms with Crippen LogP contribution in [0, 0.1) is 13.8 Å². The zero-order valence-corrected chi connectivity index (χ0v) is 8.50. The number of benzene rings is 1. The van der Waals surface area contributed by atoms with Crippen molar-refractivity contribution in [3.8, 4) is 0 Å². The van der Waals surface area contributed by atoms with Crippen molar-refractivity contribution >= 4 is 11.1 Å². The largest absolute Gasteiger partial charge is 0.441 e. The highest BCUT2D eigenvalue weighted by Crippen LogP contribution is 2.20. The molecule has 0 spiro atoms. The van der Waals surface area contributed by atoms with Crippen molar-refractivity contribution in [3.05, 3.63) is 29.2 Å². The summed E-state index contributed by atoms with van der Waals surface area (Å²) < 4.78 is 5.55. The predicted octanol–water partition coefficient (Wildman–Crippen LogP) is 1.95. The average Bonchev–Trinajstić information content (AvgIpc) is 2.48. The van der Waals surface area contributed by atoms with Gasteiger partial charge >= 0.3 is 0 Å². The number of oxazole rings is 1. The fraction of sp³-hybridized carbons (Fsp3) is 0.364. The summed E-state index contributed by atoms with van der Waals surface area (Å²) in [6.45, 7) is 4.72. The number of fused-ring (bicyclic) bond motifs is 1. The first kappa shape index (κ1) is 9.21. The molecule has 3 nitrogen and oxygen atoms in total. The molecule has 0 aliphatic heterocycles. The summed E-state index contributed by atoms with van der Waals surface area (Å²) in [6.07, 6.45) is 0.701. The van der Waals surface area contributed by atoms with Gasteiger partial charge in [-0.1, -0.05) is 0 Å². The number of hydrogen-bond acceptors (Lipinski definition) is 3. The van der Waals surface area contributed by atoms with Gasteiger partial charge in [0.1, 0.15) is 5.52 Å². The van der Waals surface area contributed by atoms with Crippen LogP contribution in [0.5, 0.6) is 0 Å². The zero-order chi connectivity index (χ0) is 10.1. The van der Waals surface area contributed by atoms with E-state index in [1.54, 1.807) is 0 Å². The fourth-order valence-corrected chi connectivity index (χ4v) is 1.46. The topological polar surface area (TPSA) is 52.0 Å². The van der Waals surface area contributed by atoms with Crippen LogP contribution in [0.2, 0.25) is 0 Å². The van der Waals surface area contributed by atoms with Crippen LogP contribution in [0.25, 0.3) is 11.1 Å². The van der Waals surface area contributed by atoms with Gasteiger partial charge in [-0.15, -0.1) is 0 Å². The molecule has 1 aromatic carbocycles. The third kappa shape index (κ3) is 1.51. The predicted molar refractivity (Wildman–Crippen MR) is 56.2 cm³/mol. The van der Waals surface area contributed by atoms with Crippen molar-refractivity contribution in [1.82, 2.24) is 4.98 Å². The van der Waals surface area contributed by atoms with Crippen molar-refractivity contribution in [2.24, 2.45) is 5.73 Å². The molecule has 0 bridgehead atoms. The highest BCUT2D eigenvalue weighted by atomic mass is 16.3. The van der Waals surface area contributed by atoms with Crippen molar-refractivity contribution in [1.29, 1.82) is 0 Å². The molecule has 0 aliphatic carbocycles. The molecular formula is C11H14N2O. The Morgan fingerprint density at radius 2 is 2.00 bits per heavy atom. The third-order valence-electron chi connectivity index (χ3n) is 2.41. The van der Waals surface area contributed by atoms with Gasteiger partial charge in [0, 0.05) is 13.0 Å². The van der Waals surface area contributed by atoms with Gasteiger partial charge in [0.15, 0.2) is 11.5 Å². The minimum absolute atomic E-state index is 0.574. The van der Waals surface area contributed by atoms with Gasteiger partial charge in [0.2, 0.25) is 0 Å². The van der Waals surface area contributed by atoms with Crippen molar-refractivity contribution in [2.75, 3.05) is 6.54 Å². The summed E-state index contributed by atoms with van der Waals surface area (Å²) in [5.41, 5.74) is 9.70. The molecule has 0 radical (unpaired) electrons. The Bertz CT molecular complexity index is 421. The van der Waals surface area contributed by atoms with Crippen molar-refractivity contribution < 1.29 is 4.42 Å². The van der Waals surface area contributed by atoms with Crippen LogP contribution in [-0.2, 0) is 6.42 Å². The van der Waals surface area contributed by atoms with Gasteiger partial charge in [0.25, 0.3) is 0 Å². The molecule has 0 amide bonds. The number of aromatic nitrogens is 1. The smallest absolute Gasteiger partial charge is 0.196 e. The number of nitrogens with zero attached hydrogens (tertiary/aromatic N) is 1. The zero-order valence-electron chi connectivity index (χ0n) is 8.50. The Kier molecular flexibility index (Phi) is 2.25. The Hall–Kier alpha value is -1.35. The van der Waals surface area contributed by atoms with E-state index in [2.05, 4.69) is 18.8 Å². The van der Waals surface area contributed by atoms with Gasteiger partial charge in [-0.3, -0.25) is 0 Å². The molecule has 3 heteroatoms. The fourth-order valence-electron chi connectivity index (χ4n) is 1.46. The highest BCUT2D eigenvalue weighted by Gasteiger charge is 2.06. The molecule has 1 aromatic heterocycles. The van der Waals surface area contributed by atoms with Gasteiger partial charge in [-0.2, -0.15) is 0 Å². The first-order chi connectivity index (χ1) is 6.70. The maximum absolute atomic E-state index is 5.55. The number of nitrogens with two attached hydrogens (primary N) is 1. The van der Waals surface area contributed by atoms with Crippen LogP contribution in [0.3, 0.4) is 0 Å². The van der Waals surface area contributed by atoms with Crippen LogP contribution >= 0.6 is 0 Å². The van der Waals surface area contributed by atoms with E-state index in [1.807, 2.05) is 12.1 Å². The van der Waals surface area contributed by atoms with Crippen molar-refractivity contribution in [3.63, 3.8) is 0 Å². The van der Waals surface area contributed by atoms with Gasteiger partial charge in [-0.05, 0) is 37.1 Å². The second kappa shape index (κ2) is 3.42. The summed E-state index contributed by atoms with van der Waals surface area (Å²) in [4.78, 5) is 4.36. The van der Waals surface area contributed by atoms with Crippen LogP contribution < -0.4 is 5.73 Å². The van der Waals surface area contributed by atoms with E-state index >= 15 is 0 Å². The molecule has 1 heterocycles. The Morgan fingerprint density at radius 3 is 2.71 bits per heavy atom. The number of aryl methyl sites for hydroxylation is 2. The summed E-state index contributed by atoms with van der Waals surface area (Å²) in [6, 6.07) is 4.08. The molecule has 2 rings (SSSR count). The van der Waals surface area contributed by atoms with Crippen molar-refractivity contribution in [2.45, 2.75) is 20.3 Å². The molecule has 0 saturated carbocycles. The molecule has 0 atom stereocenters. The second-order valence-corrected chi connectivity index (χ2v) is 3.55. The standard InChI is InChI=1S/C11H14N2O/c1-7-5-9-10(6-8(7)2)14-11(13-9)3-4-12/h5-6H,3-4,12H2,1-2H3. The highest BCUT2D eigenvalue weighted by molar-refractivity contribution is 5.74. The maximum atomic E-state index is 5.55. The third-order valence-corrected chi connectivity index (χ3v) is 2.41. The molecule has 74 valence electrons. The van der Waals surface area contributed by atoms with Gasteiger partial charge < -0.3 is 10.2 Å². The molecule has 14 heavy (non-hydrogen) atoms. The lowest BCUT2D eigenvalue weighted by Crippen LogP contribution is -2.02. The SMILES string of the molecule is Cc1cc2nc(CCN)oc2cc1C. The Balaban J connectivity index is 2.54. The summed E-state index contributed by atoms with van der Waals surface area (Å²) in [7, 11) is 0. The normalized spacial score (nSPS) is 11.1. The first-order valence-corrected chi connectivity index (χ1v) is 4.77. The molecule has 2 aromatic rings. The van der Waals surface area contributed by atoms with E-state index in [-0.39, 0.29) is 0 Å². The van der Waals surface area contributed by atoms with E-state index in [0.717, 1.165) is 17.0 Å². The second-order valence-electron chi connectivity index (χ2n) is 3.55. The summed E-state index contributed by atoms with van der Waals surface area (Å²) in [5, 5.41) is 0. The first-order valence-electron chi connectivity index (χ1n) is 4.77. The van der Waals surface area contributed by atoms with Crippen LogP contribution in [-0.4, -0.2) is 11.5 Å². The van der Waals surface area contributed by atoms with Crippen LogP contribution in [0.15, 0.2) is 16.5 Å². The lowest BCUT2D eigenvalue weighted by atomic mass is 10.1. The maximum Gasteiger partial charge on any atom is 0.196 e. The van der Waals surface area contributed by atoms with E-state index in [1.165, 1.54) is 11.1 Å². The van der Waals surface area contributed by atoms with E-state index in [9.17, 15) is 0 Å². The monoisotopic (exact) mass is 190 g/mol. The van der Waals surface area contributed by atoms with E-state index in [0.29, 0.717) is 13.0 Å². The lowest BCUT2D eigenvalue weighted by molar-refractivity contribution is 0.531. The van der Waals surface area contributed by atoms with Gasteiger partial charge in [0.05, 0.1) is 0 Å². The molecule has 0 saturated heterocycles. The average molecular weight is 190 g/mol. The molecule has 2 N–H and O–H groups in total. The minimum atomic E-state index is 0.574. The molecule has 0 fully saturated rings. The lowest BCUT2D eigenvalue weighted by Gasteiger charge is -1.96. The van der Waals surface area contributed by atoms with E-state index in [4.69, 9.17) is 10.2 Å². The number of rotatable bonds is 2. The van der Waals surface area contributed by atoms with Crippen LogP contribution in [0.4, 0.5) is 0 Å². The summed E-state index contributed by atoms with van der Waals surface area (Å²) >= 11 is 0. The Morgan fingerprint density at radius 1 is 1.29 bits per heavy atom. The molecule has 0 aliphatic rings. The quantitative estimate of drug-likeness (QED) is 0.787. The summed E-state index contributed by atoms with van der Waals surface area (Å²) in [5.74, 6) is 0.729. The Labute approximate surface area is 82.9 Å². The minimum Gasteiger partial charge on any atom is -0.441 e. The number of hydrogen-bond donors (Lipinski definition) is 1. The van der Waals surface area contributed by atoms with Crippen LogP contribution in [0.1, 0.15) is 17.0 Å². The van der Waals surface area contributed by atoms with E-state index < -0.39 is 0 Å². The van der Waals surface area contributed by atoms with Gasteiger partial charge in [-0.25, -0.2) is 4.98 Å². The molecule has 0 unspecified atom stereocenters. The molecular weight excluding hydrogens is 176 g/mol.